The maximum absolute atomic E-state index is 11.8. The van der Waals surface area contributed by atoms with Gasteiger partial charge in [0.15, 0.2) is 0 Å². The standard InChI is InChI=1S/C16H17NO3/c18-14-9-13(10-15(19)11-14)16(20)17-8-4-7-12-5-2-1-3-6-12/h1-3,5-6,9-11,18-19H,4,7-8H2,(H,17,20). The van der Waals surface area contributed by atoms with Gasteiger partial charge in [0.2, 0.25) is 0 Å². The Morgan fingerprint density at radius 1 is 1.00 bits per heavy atom. The molecular weight excluding hydrogens is 254 g/mol. The fraction of sp³-hybridized carbons (Fsp3) is 0.188. The first-order valence-electron chi connectivity index (χ1n) is 6.50. The summed E-state index contributed by atoms with van der Waals surface area (Å²) in [5.41, 5.74) is 1.49. The molecule has 0 aliphatic heterocycles. The maximum Gasteiger partial charge on any atom is 0.251 e. The third kappa shape index (κ3) is 4.02. The molecule has 20 heavy (non-hydrogen) atoms. The van der Waals surface area contributed by atoms with Gasteiger partial charge in [-0.2, -0.15) is 0 Å². The van der Waals surface area contributed by atoms with E-state index in [9.17, 15) is 15.0 Å². The first-order valence-corrected chi connectivity index (χ1v) is 6.50. The van der Waals surface area contributed by atoms with Gasteiger partial charge in [0.25, 0.3) is 5.91 Å². The Hall–Kier alpha value is -2.49. The lowest BCUT2D eigenvalue weighted by atomic mass is 10.1. The summed E-state index contributed by atoms with van der Waals surface area (Å²) in [5.74, 6) is -0.553. The number of phenolic OH excluding ortho intramolecular Hbond substituents is 2. The van der Waals surface area contributed by atoms with E-state index >= 15 is 0 Å². The van der Waals surface area contributed by atoms with Crippen LogP contribution < -0.4 is 5.32 Å². The highest BCUT2D eigenvalue weighted by Crippen LogP contribution is 2.20. The Bertz CT molecular complexity index is 561. The largest absolute Gasteiger partial charge is 0.508 e. The predicted octanol–water partition coefficient (Wildman–Crippen LogP) is 2.46. The van der Waals surface area contributed by atoms with E-state index in [1.807, 2.05) is 18.2 Å². The van der Waals surface area contributed by atoms with E-state index in [0.717, 1.165) is 12.8 Å². The number of benzene rings is 2. The monoisotopic (exact) mass is 271 g/mol. The number of rotatable bonds is 5. The predicted molar refractivity (Wildman–Crippen MR) is 76.9 cm³/mol. The third-order valence-electron chi connectivity index (χ3n) is 2.94. The average Bonchev–Trinajstić information content (AvgIpc) is 2.43. The molecule has 0 saturated heterocycles. The normalized spacial score (nSPS) is 10.2. The van der Waals surface area contributed by atoms with Crippen LogP contribution in [-0.4, -0.2) is 22.7 Å². The highest BCUT2D eigenvalue weighted by Gasteiger charge is 2.07. The van der Waals surface area contributed by atoms with Gasteiger partial charge in [-0.1, -0.05) is 30.3 Å². The smallest absolute Gasteiger partial charge is 0.251 e. The Kier molecular flexibility index (Phi) is 4.60. The minimum absolute atomic E-state index is 0.126. The fourth-order valence-corrected chi connectivity index (χ4v) is 1.97. The Morgan fingerprint density at radius 2 is 1.65 bits per heavy atom. The summed E-state index contributed by atoms with van der Waals surface area (Å²) in [6.07, 6.45) is 1.73. The minimum Gasteiger partial charge on any atom is -0.508 e. The molecule has 4 heteroatoms. The molecule has 0 unspecified atom stereocenters. The molecule has 0 aliphatic carbocycles. The number of nitrogens with one attached hydrogen (secondary N) is 1. The summed E-state index contributed by atoms with van der Waals surface area (Å²) in [5, 5.41) is 21.4. The summed E-state index contributed by atoms with van der Waals surface area (Å²) in [6.45, 7) is 0.546. The molecule has 0 bridgehead atoms. The molecule has 3 N–H and O–H groups in total. The van der Waals surface area contributed by atoms with Crippen molar-refractivity contribution in [3.05, 3.63) is 59.7 Å². The van der Waals surface area contributed by atoms with Crippen molar-refractivity contribution < 1.29 is 15.0 Å². The molecule has 0 heterocycles. The van der Waals surface area contributed by atoms with Gasteiger partial charge < -0.3 is 15.5 Å². The fourth-order valence-electron chi connectivity index (χ4n) is 1.97. The van der Waals surface area contributed by atoms with E-state index in [1.54, 1.807) is 0 Å². The summed E-state index contributed by atoms with van der Waals surface area (Å²) >= 11 is 0. The molecule has 1 amide bonds. The molecule has 0 atom stereocenters. The molecule has 104 valence electrons. The molecule has 2 rings (SSSR count). The Morgan fingerprint density at radius 3 is 2.30 bits per heavy atom. The van der Waals surface area contributed by atoms with Crippen LogP contribution in [-0.2, 0) is 6.42 Å². The molecule has 0 aliphatic rings. The van der Waals surface area contributed by atoms with Crippen LogP contribution in [0.4, 0.5) is 0 Å². The number of carbonyl (C=O) groups excluding carboxylic acids is 1. The molecule has 2 aromatic rings. The van der Waals surface area contributed by atoms with Crippen LogP contribution in [0.25, 0.3) is 0 Å². The second kappa shape index (κ2) is 6.61. The van der Waals surface area contributed by atoms with Crippen LogP contribution in [0.15, 0.2) is 48.5 Å². The molecular formula is C16H17NO3. The first kappa shape index (κ1) is 13.9. The van der Waals surface area contributed by atoms with E-state index in [2.05, 4.69) is 17.4 Å². The number of hydrogen-bond donors (Lipinski definition) is 3. The molecule has 0 aromatic heterocycles. The van der Waals surface area contributed by atoms with Crippen molar-refractivity contribution in [2.45, 2.75) is 12.8 Å². The van der Waals surface area contributed by atoms with Gasteiger partial charge in [0.05, 0.1) is 0 Å². The summed E-state index contributed by atoms with van der Waals surface area (Å²) in [6, 6.07) is 13.9. The molecule has 4 nitrogen and oxygen atoms in total. The number of amides is 1. The van der Waals surface area contributed by atoms with E-state index in [1.165, 1.54) is 23.8 Å². The zero-order chi connectivity index (χ0) is 14.4. The van der Waals surface area contributed by atoms with Crippen LogP contribution >= 0.6 is 0 Å². The number of hydrogen-bond acceptors (Lipinski definition) is 3. The zero-order valence-electron chi connectivity index (χ0n) is 11.0. The molecule has 0 saturated carbocycles. The number of phenols is 2. The van der Waals surface area contributed by atoms with E-state index < -0.39 is 0 Å². The van der Waals surface area contributed by atoms with Crippen molar-refractivity contribution in [2.24, 2.45) is 0 Å². The van der Waals surface area contributed by atoms with E-state index in [4.69, 9.17) is 0 Å². The van der Waals surface area contributed by atoms with Gasteiger partial charge in [-0.25, -0.2) is 0 Å². The van der Waals surface area contributed by atoms with Crippen LogP contribution in [0.5, 0.6) is 11.5 Å². The topological polar surface area (TPSA) is 69.6 Å². The van der Waals surface area contributed by atoms with Crippen LogP contribution in [0.1, 0.15) is 22.3 Å². The van der Waals surface area contributed by atoms with Crippen molar-refractivity contribution >= 4 is 5.91 Å². The van der Waals surface area contributed by atoms with E-state index in [-0.39, 0.29) is 23.0 Å². The van der Waals surface area contributed by atoms with Crippen LogP contribution in [0.3, 0.4) is 0 Å². The number of aromatic hydroxyl groups is 2. The maximum atomic E-state index is 11.8. The van der Waals surface area contributed by atoms with Crippen LogP contribution in [0, 0.1) is 0 Å². The number of carbonyl (C=O) groups is 1. The minimum atomic E-state index is -0.302. The molecule has 2 aromatic carbocycles. The van der Waals surface area contributed by atoms with Crippen molar-refractivity contribution in [1.82, 2.24) is 5.32 Å². The van der Waals surface area contributed by atoms with Gasteiger partial charge in [0, 0.05) is 18.2 Å². The third-order valence-corrected chi connectivity index (χ3v) is 2.94. The highest BCUT2D eigenvalue weighted by atomic mass is 16.3. The van der Waals surface area contributed by atoms with Gasteiger partial charge in [-0.3, -0.25) is 4.79 Å². The second-order valence-electron chi connectivity index (χ2n) is 4.58. The highest BCUT2D eigenvalue weighted by molar-refractivity contribution is 5.95. The van der Waals surface area contributed by atoms with Gasteiger partial charge in [-0.15, -0.1) is 0 Å². The summed E-state index contributed by atoms with van der Waals surface area (Å²) in [4.78, 5) is 11.8. The quantitative estimate of drug-likeness (QED) is 0.732. The lowest BCUT2D eigenvalue weighted by Gasteiger charge is -2.06. The summed E-state index contributed by atoms with van der Waals surface area (Å²) < 4.78 is 0. The van der Waals surface area contributed by atoms with E-state index in [0.29, 0.717) is 6.54 Å². The van der Waals surface area contributed by atoms with Crippen molar-refractivity contribution in [1.29, 1.82) is 0 Å². The van der Waals surface area contributed by atoms with Gasteiger partial charge >= 0.3 is 0 Å². The lowest BCUT2D eigenvalue weighted by molar-refractivity contribution is 0.0952. The molecule has 0 radical (unpaired) electrons. The Labute approximate surface area is 117 Å². The van der Waals surface area contributed by atoms with Gasteiger partial charge in [-0.05, 0) is 30.5 Å². The Balaban J connectivity index is 1.80. The lowest BCUT2D eigenvalue weighted by Crippen LogP contribution is -2.24. The van der Waals surface area contributed by atoms with Crippen molar-refractivity contribution in [3.8, 4) is 11.5 Å². The molecule has 0 fully saturated rings. The first-order chi connectivity index (χ1) is 9.65. The van der Waals surface area contributed by atoms with Crippen molar-refractivity contribution in [3.63, 3.8) is 0 Å². The zero-order valence-corrected chi connectivity index (χ0v) is 11.0. The summed E-state index contributed by atoms with van der Waals surface area (Å²) in [7, 11) is 0. The molecule has 0 spiro atoms. The average molecular weight is 271 g/mol. The van der Waals surface area contributed by atoms with Gasteiger partial charge in [0.1, 0.15) is 11.5 Å². The SMILES string of the molecule is O=C(NCCCc1ccccc1)c1cc(O)cc(O)c1. The number of aryl methyl sites for hydroxylation is 1. The second-order valence-corrected chi connectivity index (χ2v) is 4.58. The van der Waals surface area contributed by atoms with Crippen molar-refractivity contribution in [2.75, 3.05) is 6.54 Å². The van der Waals surface area contributed by atoms with Crippen LogP contribution in [0.2, 0.25) is 0 Å².